The number of rotatable bonds is 5. The quantitative estimate of drug-likeness (QED) is 0.825. The number of nitrogens with zero attached hydrogens (tertiary/aromatic N) is 2. The zero-order valence-electron chi connectivity index (χ0n) is 10.9. The second-order valence-corrected chi connectivity index (χ2v) is 5.75. The molecule has 1 saturated carbocycles. The van der Waals surface area contributed by atoms with Crippen molar-refractivity contribution in [1.29, 1.82) is 0 Å². The van der Waals surface area contributed by atoms with Crippen LogP contribution in [0.25, 0.3) is 0 Å². The normalized spacial score (nSPS) is 14.3. The molecule has 0 bridgehead atoms. The maximum atomic E-state index is 13.1. The fourth-order valence-electron chi connectivity index (χ4n) is 2.06. The molecular formula is C13H12FN3O3S. The van der Waals surface area contributed by atoms with Gasteiger partial charge in [-0.15, -0.1) is 5.10 Å². The predicted octanol–water partition coefficient (Wildman–Crippen LogP) is 2.04. The molecule has 2 aromatic rings. The minimum Gasteiger partial charge on any atom is -0.478 e. The maximum Gasteiger partial charge on any atom is 0.344 e. The van der Waals surface area contributed by atoms with Gasteiger partial charge in [0.15, 0.2) is 5.16 Å². The molecule has 1 heterocycles. The summed E-state index contributed by atoms with van der Waals surface area (Å²) < 4.78 is 14.7. The molecule has 21 heavy (non-hydrogen) atoms. The largest absolute Gasteiger partial charge is 0.478 e. The SMILES string of the molecule is O=C(O)c1cc(F)ccc1CSc1n[nH]c(=O)n1C1CC1. The van der Waals surface area contributed by atoms with Gasteiger partial charge in [-0.05, 0) is 30.5 Å². The van der Waals surface area contributed by atoms with Crippen molar-refractivity contribution in [3.05, 3.63) is 45.6 Å². The molecule has 0 atom stereocenters. The van der Waals surface area contributed by atoms with E-state index in [9.17, 15) is 14.0 Å². The number of carboxylic acids is 1. The highest BCUT2D eigenvalue weighted by Crippen LogP contribution is 2.36. The number of benzene rings is 1. The van der Waals surface area contributed by atoms with Crippen molar-refractivity contribution in [3.63, 3.8) is 0 Å². The Bertz CT molecular complexity index is 751. The summed E-state index contributed by atoms with van der Waals surface area (Å²) in [5.74, 6) is -1.46. The molecule has 0 amide bonds. The fraction of sp³-hybridized carbons (Fsp3) is 0.308. The maximum absolute atomic E-state index is 13.1. The number of halogens is 1. The van der Waals surface area contributed by atoms with E-state index in [1.165, 1.54) is 23.9 Å². The Hall–Kier alpha value is -2.09. The first kappa shape index (κ1) is 13.9. The van der Waals surface area contributed by atoms with Crippen LogP contribution in [0.5, 0.6) is 0 Å². The number of carbonyl (C=O) groups is 1. The Morgan fingerprint density at radius 1 is 1.52 bits per heavy atom. The zero-order valence-corrected chi connectivity index (χ0v) is 11.7. The number of aromatic amines is 1. The molecule has 1 fully saturated rings. The number of nitrogens with one attached hydrogen (secondary N) is 1. The zero-order chi connectivity index (χ0) is 15.0. The third-order valence-electron chi connectivity index (χ3n) is 3.24. The third kappa shape index (κ3) is 2.85. The van der Waals surface area contributed by atoms with Crippen molar-refractivity contribution in [2.24, 2.45) is 0 Å². The van der Waals surface area contributed by atoms with Gasteiger partial charge in [0.25, 0.3) is 0 Å². The summed E-state index contributed by atoms with van der Waals surface area (Å²) in [5, 5.41) is 16.0. The van der Waals surface area contributed by atoms with Crippen LogP contribution in [-0.2, 0) is 5.75 Å². The Balaban J connectivity index is 1.82. The molecule has 6 nitrogen and oxygen atoms in total. The van der Waals surface area contributed by atoms with Crippen LogP contribution < -0.4 is 5.69 Å². The lowest BCUT2D eigenvalue weighted by atomic mass is 10.1. The summed E-state index contributed by atoms with van der Waals surface area (Å²) in [6, 6.07) is 3.85. The van der Waals surface area contributed by atoms with Crippen molar-refractivity contribution in [1.82, 2.24) is 14.8 Å². The lowest BCUT2D eigenvalue weighted by Crippen LogP contribution is -2.16. The minimum absolute atomic E-state index is 0.0710. The summed E-state index contributed by atoms with van der Waals surface area (Å²) in [7, 11) is 0. The second-order valence-electron chi connectivity index (χ2n) is 4.81. The van der Waals surface area contributed by atoms with Crippen LogP contribution in [0.2, 0.25) is 0 Å². The van der Waals surface area contributed by atoms with Gasteiger partial charge in [0.2, 0.25) is 0 Å². The molecule has 8 heteroatoms. The Kier molecular flexibility index (Phi) is 3.54. The van der Waals surface area contributed by atoms with Crippen molar-refractivity contribution in [2.45, 2.75) is 29.8 Å². The van der Waals surface area contributed by atoms with Gasteiger partial charge >= 0.3 is 11.7 Å². The van der Waals surface area contributed by atoms with Crippen LogP contribution in [0, 0.1) is 5.82 Å². The molecule has 3 rings (SSSR count). The lowest BCUT2D eigenvalue weighted by Gasteiger charge is -2.06. The first-order valence-electron chi connectivity index (χ1n) is 6.37. The van der Waals surface area contributed by atoms with E-state index in [4.69, 9.17) is 5.11 Å². The van der Waals surface area contributed by atoms with E-state index in [-0.39, 0.29) is 17.3 Å². The Labute approximate surface area is 123 Å². The van der Waals surface area contributed by atoms with Crippen LogP contribution in [0.15, 0.2) is 28.2 Å². The molecule has 1 aromatic heterocycles. The number of hydrogen-bond acceptors (Lipinski definition) is 4. The molecule has 2 N–H and O–H groups in total. The smallest absolute Gasteiger partial charge is 0.344 e. The van der Waals surface area contributed by atoms with Crippen molar-refractivity contribution in [3.8, 4) is 0 Å². The van der Waals surface area contributed by atoms with Crippen LogP contribution >= 0.6 is 11.8 Å². The number of H-pyrrole nitrogens is 1. The highest BCUT2D eigenvalue weighted by Gasteiger charge is 2.28. The van der Waals surface area contributed by atoms with Gasteiger partial charge in [-0.2, -0.15) is 0 Å². The first-order chi connectivity index (χ1) is 10.1. The third-order valence-corrected chi connectivity index (χ3v) is 4.24. The van der Waals surface area contributed by atoms with Crippen LogP contribution in [0.4, 0.5) is 4.39 Å². The molecule has 0 radical (unpaired) electrons. The van der Waals surface area contributed by atoms with Gasteiger partial charge in [0.05, 0.1) is 5.56 Å². The van der Waals surface area contributed by atoms with E-state index in [0.29, 0.717) is 16.5 Å². The Morgan fingerprint density at radius 2 is 2.29 bits per heavy atom. The van der Waals surface area contributed by atoms with E-state index in [2.05, 4.69) is 10.2 Å². The average molecular weight is 309 g/mol. The van der Waals surface area contributed by atoms with Crippen molar-refractivity contribution in [2.75, 3.05) is 0 Å². The molecule has 0 spiro atoms. The van der Waals surface area contributed by atoms with Gasteiger partial charge in [-0.3, -0.25) is 4.57 Å². The van der Waals surface area contributed by atoms with Crippen LogP contribution in [0.1, 0.15) is 34.8 Å². The van der Waals surface area contributed by atoms with Gasteiger partial charge in [0.1, 0.15) is 5.82 Å². The fourth-order valence-corrected chi connectivity index (χ4v) is 3.08. The summed E-state index contributed by atoms with van der Waals surface area (Å²) in [6.07, 6.45) is 1.90. The van der Waals surface area contributed by atoms with Gasteiger partial charge < -0.3 is 5.11 Å². The van der Waals surface area contributed by atoms with Gasteiger partial charge in [-0.1, -0.05) is 17.8 Å². The second kappa shape index (κ2) is 5.36. The first-order valence-corrected chi connectivity index (χ1v) is 7.36. The van der Waals surface area contributed by atoms with Crippen LogP contribution in [-0.4, -0.2) is 25.8 Å². The molecule has 0 saturated heterocycles. The van der Waals surface area contributed by atoms with Crippen LogP contribution in [0.3, 0.4) is 0 Å². The number of thioether (sulfide) groups is 1. The molecule has 1 aliphatic carbocycles. The van der Waals surface area contributed by atoms with Gasteiger partial charge in [-0.25, -0.2) is 19.1 Å². The van der Waals surface area contributed by atoms with E-state index in [1.54, 1.807) is 4.57 Å². The molecule has 1 aromatic carbocycles. The van der Waals surface area contributed by atoms with Crippen molar-refractivity contribution >= 4 is 17.7 Å². The topological polar surface area (TPSA) is 88.0 Å². The van der Waals surface area contributed by atoms with E-state index < -0.39 is 11.8 Å². The number of carboxylic acid groups (broad SMARTS) is 1. The molecule has 0 aliphatic heterocycles. The summed E-state index contributed by atoms with van der Waals surface area (Å²) in [5.41, 5.74) is 0.169. The average Bonchev–Trinajstić information content (AvgIpc) is 3.21. The molecule has 0 unspecified atom stereocenters. The van der Waals surface area contributed by atoms with Crippen molar-refractivity contribution < 1.29 is 14.3 Å². The van der Waals surface area contributed by atoms with E-state index in [1.807, 2.05) is 0 Å². The number of hydrogen-bond donors (Lipinski definition) is 2. The summed E-state index contributed by atoms with van der Waals surface area (Å²) >= 11 is 1.26. The monoisotopic (exact) mass is 309 g/mol. The predicted molar refractivity (Wildman–Crippen MR) is 74.0 cm³/mol. The summed E-state index contributed by atoms with van der Waals surface area (Å²) in [6.45, 7) is 0. The number of aromatic nitrogens is 3. The standard InChI is InChI=1S/C13H12FN3O3S/c14-8-2-1-7(10(5-8)11(18)19)6-21-13-16-15-12(20)17(13)9-3-4-9/h1-2,5,9H,3-4,6H2,(H,15,20)(H,18,19). The Morgan fingerprint density at radius 3 is 2.95 bits per heavy atom. The lowest BCUT2D eigenvalue weighted by molar-refractivity contribution is 0.0695. The van der Waals surface area contributed by atoms with E-state index >= 15 is 0 Å². The highest BCUT2D eigenvalue weighted by molar-refractivity contribution is 7.98. The summed E-state index contributed by atoms with van der Waals surface area (Å²) in [4.78, 5) is 22.8. The van der Waals surface area contributed by atoms with E-state index in [0.717, 1.165) is 18.9 Å². The number of aromatic carboxylic acids is 1. The minimum atomic E-state index is -1.17. The van der Waals surface area contributed by atoms with Gasteiger partial charge in [0, 0.05) is 11.8 Å². The highest BCUT2D eigenvalue weighted by atomic mass is 32.2. The molecule has 110 valence electrons. The molecule has 1 aliphatic rings. The molecular weight excluding hydrogens is 297 g/mol.